The van der Waals surface area contributed by atoms with E-state index in [-0.39, 0.29) is 0 Å². The average molecular weight is 271 g/mol. The van der Waals surface area contributed by atoms with Gasteiger partial charge in [0.25, 0.3) is 0 Å². The van der Waals surface area contributed by atoms with Gasteiger partial charge in [0.05, 0.1) is 0 Å². The van der Waals surface area contributed by atoms with Crippen molar-refractivity contribution in [3.05, 3.63) is 24.3 Å². The highest BCUT2D eigenvalue weighted by atomic mass is 14.9. The molecular weight excluding hydrogens is 246 g/mol. The minimum Gasteiger partial charge on any atom is -0.310 e. The van der Waals surface area contributed by atoms with Gasteiger partial charge in [-0.25, -0.2) is 9.97 Å². The van der Waals surface area contributed by atoms with Crippen molar-refractivity contribution >= 4 is 0 Å². The van der Waals surface area contributed by atoms with Crippen molar-refractivity contribution in [2.75, 3.05) is 0 Å². The molecule has 108 valence electrons. The minimum absolute atomic E-state index is 0.630. The summed E-state index contributed by atoms with van der Waals surface area (Å²) in [5.41, 5.74) is 1.20. The maximum absolute atomic E-state index is 4.10. The minimum atomic E-state index is 0.630. The number of rotatable bonds is 4. The molecule has 1 aromatic rings. The van der Waals surface area contributed by atoms with Crippen LogP contribution in [-0.4, -0.2) is 16.0 Å². The molecule has 0 saturated heterocycles. The molecule has 0 aliphatic heterocycles. The number of nitrogens with one attached hydrogen (secondary N) is 1. The molecule has 1 unspecified atom stereocenters. The third-order valence-corrected chi connectivity index (χ3v) is 6.12. The highest BCUT2D eigenvalue weighted by molar-refractivity contribution is 5.04. The second kappa shape index (κ2) is 5.10. The molecule has 0 aromatic carbocycles. The fourth-order valence-electron chi connectivity index (χ4n) is 5.62. The molecule has 4 bridgehead atoms. The van der Waals surface area contributed by atoms with Crippen LogP contribution in [0.2, 0.25) is 0 Å². The van der Waals surface area contributed by atoms with E-state index in [0.29, 0.717) is 6.04 Å². The standard InChI is InChI=1S/C17H25N3/c1-11(20-9-14-7-18-10-19-8-14)17-15-3-12-2-13(5-15)6-16(17)4-12/h7-8,10-13,15-17,20H,2-6,9H2,1H3. The third kappa shape index (κ3) is 2.26. The SMILES string of the molecule is CC(NCc1cncnc1)C1C2CC3CC(C2)CC1C3. The first-order valence-corrected chi connectivity index (χ1v) is 8.27. The van der Waals surface area contributed by atoms with Crippen molar-refractivity contribution in [3.63, 3.8) is 0 Å². The summed E-state index contributed by atoms with van der Waals surface area (Å²) in [5.74, 6) is 5.06. The summed E-state index contributed by atoms with van der Waals surface area (Å²) < 4.78 is 0. The lowest BCUT2D eigenvalue weighted by Crippen LogP contribution is -2.51. The summed E-state index contributed by atoms with van der Waals surface area (Å²) in [7, 11) is 0. The van der Waals surface area contributed by atoms with Crippen molar-refractivity contribution in [1.29, 1.82) is 0 Å². The Morgan fingerprint density at radius 1 is 1.05 bits per heavy atom. The Balaban J connectivity index is 1.40. The van der Waals surface area contributed by atoms with Crippen molar-refractivity contribution in [3.8, 4) is 0 Å². The summed E-state index contributed by atoms with van der Waals surface area (Å²) in [6.45, 7) is 3.31. The van der Waals surface area contributed by atoms with Crippen LogP contribution in [0.1, 0.15) is 44.6 Å². The Kier molecular flexibility index (Phi) is 3.25. The van der Waals surface area contributed by atoms with E-state index in [1.807, 2.05) is 12.4 Å². The Bertz CT molecular complexity index is 431. The lowest BCUT2D eigenvalue weighted by Gasteiger charge is -2.56. The fraction of sp³-hybridized carbons (Fsp3) is 0.765. The molecule has 1 atom stereocenters. The van der Waals surface area contributed by atoms with E-state index in [1.165, 1.54) is 31.2 Å². The molecule has 1 heterocycles. The van der Waals surface area contributed by atoms with Gasteiger partial charge in [-0.1, -0.05) is 0 Å². The van der Waals surface area contributed by atoms with E-state index >= 15 is 0 Å². The van der Waals surface area contributed by atoms with Crippen molar-refractivity contribution in [1.82, 2.24) is 15.3 Å². The van der Waals surface area contributed by atoms with Gasteiger partial charge in [0, 0.05) is 30.5 Å². The fourth-order valence-corrected chi connectivity index (χ4v) is 5.62. The molecule has 5 rings (SSSR count). The van der Waals surface area contributed by atoms with Gasteiger partial charge in [0.1, 0.15) is 6.33 Å². The predicted octanol–water partition coefficient (Wildman–Crippen LogP) is 3.03. The van der Waals surface area contributed by atoms with E-state index in [2.05, 4.69) is 22.2 Å². The van der Waals surface area contributed by atoms with Gasteiger partial charge in [-0.2, -0.15) is 0 Å². The molecule has 3 nitrogen and oxygen atoms in total. The predicted molar refractivity (Wildman–Crippen MR) is 78.9 cm³/mol. The Morgan fingerprint density at radius 3 is 2.25 bits per heavy atom. The molecule has 3 heteroatoms. The molecule has 4 fully saturated rings. The highest BCUT2D eigenvalue weighted by Crippen LogP contribution is 2.57. The zero-order chi connectivity index (χ0) is 13.5. The van der Waals surface area contributed by atoms with E-state index < -0.39 is 0 Å². The first-order chi connectivity index (χ1) is 9.79. The van der Waals surface area contributed by atoms with Crippen molar-refractivity contribution < 1.29 is 0 Å². The molecule has 1 N–H and O–H groups in total. The molecule has 4 aliphatic rings. The molecule has 0 radical (unpaired) electrons. The van der Waals surface area contributed by atoms with Gasteiger partial charge in [0.2, 0.25) is 0 Å². The van der Waals surface area contributed by atoms with Gasteiger partial charge in [0.15, 0.2) is 0 Å². The van der Waals surface area contributed by atoms with Gasteiger partial charge < -0.3 is 5.32 Å². The van der Waals surface area contributed by atoms with Gasteiger partial charge in [-0.3, -0.25) is 0 Å². The zero-order valence-corrected chi connectivity index (χ0v) is 12.3. The molecular formula is C17H25N3. The van der Waals surface area contributed by atoms with Crippen LogP contribution in [0.4, 0.5) is 0 Å². The molecule has 4 aliphatic carbocycles. The molecule has 0 amide bonds. The van der Waals surface area contributed by atoms with Gasteiger partial charge in [-0.15, -0.1) is 0 Å². The van der Waals surface area contributed by atoms with E-state index in [1.54, 1.807) is 12.7 Å². The maximum atomic E-state index is 4.10. The van der Waals surface area contributed by atoms with Crippen LogP contribution in [0.5, 0.6) is 0 Å². The van der Waals surface area contributed by atoms with E-state index in [0.717, 1.165) is 36.1 Å². The number of hydrogen-bond acceptors (Lipinski definition) is 3. The lowest BCUT2D eigenvalue weighted by molar-refractivity contribution is -0.0494. The monoisotopic (exact) mass is 271 g/mol. The van der Waals surface area contributed by atoms with Crippen LogP contribution in [0, 0.1) is 29.6 Å². The zero-order valence-electron chi connectivity index (χ0n) is 12.3. The van der Waals surface area contributed by atoms with Crippen molar-refractivity contribution in [2.45, 2.75) is 51.6 Å². The Morgan fingerprint density at radius 2 is 1.65 bits per heavy atom. The van der Waals surface area contributed by atoms with Crippen LogP contribution >= 0.6 is 0 Å². The summed E-state index contributed by atoms with van der Waals surface area (Å²) in [4.78, 5) is 8.19. The molecule has 0 spiro atoms. The van der Waals surface area contributed by atoms with Gasteiger partial charge in [-0.05, 0) is 68.6 Å². The Labute approximate surface area is 121 Å². The van der Waals surface area contributed by atoms with Crippen LogP contribution in [0.25, 0.3) is 0 Å². The second-order valence-corrected chi connectivity index (χ2v) is 7.42. The van der Waals surface area contributed by atoms with Crippen LogP contribution in [0.15, 0.2) is 18.7 Å². The largest absolute Gasteiger partial charge is 0.310 e. The van der Waals surface area contributed by atoms with Crippen molar-refractivity contribution in [2.24, 2.45) is 29.6 Å². The first kappa shape index (κ1) is 12.8. The maximum Gasteiger partial charge on any atom is 0.115 e. The Hall–Kier alpha value is -0.960. The summed E-state index contributed by atoms with van der Waals surface area (Å²) in [6, 6.07) is 0.630. The average Bonchev–Trinajstić information content (AvgIpc) is 2.45. The second-order valence-electron chi connectivity index (χ2n) is 7.42. The van der Waals surface area contributed by atoms with E-state index in [9.17, 15) is 0 Å². The number of nitrogens with zero attached hydrogens (tertiary/aromatic N) is 2. The normalized spacial score (nSPS) is 40.0. The van der Waals surface area contributed by atoms with Crippen LogP contribution in [0.3, 0.4) is 0 Å². The molecule has 4 saturated carbocycles. The van der Waals surface area contributed by atoms with Crippen LogP contribution in [-0.2, 0) is 6.54 Å². The molecule has 1 aromatic heterocycles. The van der Waals surface area contributed by atoms with E-state index in [4.69, 9.17) is 0 Å². The number of hydrogen-bond donors (Lipinski definition) is 1. The topological polar surface area (TPSA) is 37.8 Å². The first-order valence-electron chi connectivity index (χ1n) is 8.27. The third-order valence-electron chi connectivity index (χ3n) is 6.12. The summed E-state index contributed by atoms with van der Waals surface area (Å²) >= 11 is 0. The van der Waals surface area contributed by atoms with Gasteiger partial charge >= 0.3 is 0 Å². The highest BCUT2D eigenvalue weighted by Gasteiger charge is 2.49. The smallest absolute Gasteiger partial charge is 0.115 e. The number of aromatic nitrogens is 2. The summed E-state index contributed by atoms with van der Waals surface area (Å²) in [6.07, 6.45) is 13.0. The van der Waals surface area contributed by atoms with Crippen LogP contribution < -0.4 is 5.32 Å². The molecule has 20 heavy (non-hydrogen) atoms. The lowest BCUT2D eigenvalue weighted by atomic mass is 9.50. The summed E-state index contributed by atoms with van der Waals surface area (Å²) in [5, 5.41) is 3.75. The quantitative estimate of drug-likeness (QED) is 0.914.